The van der Waals surface area contributed by atoms with Gasteiger partial charge in [-0.25, -0.2) is 0 Å². The topological polar surface area (TPSA) is 120 Å². The maximum atomic E-state index is 9.76. The molecule has 1 rings (SSSR count). The summed E-state index contributed by atoms with van der Waals surface area (Å²) in [5.41, 5.74) is 0. The first kappa shape index (κ1) is 19.9. The van der Waals surface area contributed by atoms with Crippen molar-refractivity contribution in [2.75, 3.05) is 13.2 Å². The van der Waals surface area contributed by atoms with Crippen molar-refractivity contribution >= 4 is 0 Å². The summed E-state index contributed by atoms with van der Waals surface area (Å²) in [5.74, 6) is 10.5. The smallest absolute Gasteiger partial charge is 0.186 e. The molecule has 0 amide bonds. The van der Waals surface area contributed by atoms with Gasteiger partial charge in [-0.2, -0.15) is 0 Å². The summed E-state index contributed by atoms with van der Waals surface area (Å²) < 4.78 is 10.5. The third-order valence-corrected chi connectivity index (χ3v) is 3.35. The summed E-state index contributed by atoms with van der Waals surface area (Å²) in [6.07, 6.45) is -5.34. The quantitative estimate of drug-likeness (QED) is 0.293. The first-order valence-electron chi connectivity index (χ1n) is 7.59. The molecule has 130 valence electrons. The van der Waals surface area contributed by atoms with E-state index in [0.29, 0.717) is 19.3 Å². The van der Waals surface area contributed by atoms with Crippen molar-refractivity contribution in [2.45, 2.75) is 63.0 Å². The molecule has 0 radical (unpaired) electrons. The average Bonchev–Trinajstić information content (AvgIpc) is 2.56. The minimum atomic E-state index is -1.44. The predicted molar refractivity (Wildman–Crippen MR) is 80.8 cm³/mol. The summed E-state index contributed by atoms with van der Waals surface area (Å²) in [6.45, 7) is 1.56. The first-order chi connectivity index (χ1) is 11.0. The Morgan fingerprint density at radius 3 is 2.52 bits per heavy atom. The standard InChI is InChI=1S/C16H24O7/c1-2-11(18)8-6-4-3-5-7-9-22-16-15(21)14(20)13(19)12(10-17)23-16/h11-21H,2,5,7,9-10H2,1H3/t11?,12-,13-,14+,15-,16-/m1/s1. The molecule has 5 N–H and O–H groups in total. The second-order valence-electron chi connectivity index (χ2n) is 5.17. The van der Waals surface area contributed by atoms with Crippen molar-refractivity contribution in [3.63, 3.8) is 0 Å². The molecule has 0 aromatic carbocycles. The molecule has 0 aromatic heterocycles. The first-order valence-corrected chi connectivity index (χ1v) is 7.59. The highest BCUT2D eigenvalue weighted by Gasteiger charge is 2.43. The molecule has 7 heteroatoms. The van der Waals surface area contributed by atoms with Crippen molar-refractivity contribution < 1.29 is 35.0 Å². The molecule has 23 heavy (non-hydrogen) atoms. The fraction of sp³-hybridized carbons (Fsp3) is 0.750. The Hall–Kier alpha value is -1.16. The van der Waals surface area contributed by atoms with Gasteiger partial charge in [0.1, 0.15) is 30.5 Å². The molecule has 1 unspecified atom stereocenters. The normalized spacial score (nSPS) is 31.5. The van der Waals surface area contributed by atoms with Gasteiger partial charge >= 0.3 is 0 Å². The molecular formula is C16H24O7. The number of aliphatic hydroxyl groups is 5. The minimum Gasteiger partial charge on any atom is -0.394 e. The van der Waals surface area contributed by atoms with E-state index in [1.165, 1.54) is 0 Å². The van der Waals surface area contributed by atoms with Gasteiger partial charge < -0.3 is 35.0 Å². The van der Waals surface area contributed by atoms with E-state index in [9.17, 15) is 20.4 Å². The van der Waals surface area contributed by atoms with Crippen LogP contribution < -0.4 is 0 Å². The highest BCUT2D eigenvalue weighted by Crippen LogP contribution is 2.21. The zero-order valence-corrected chi connectivity index (χ0v) is 13.1. The second kappa shape index (κ2) is 10.6. The Bertz CT molecular complexity index is 457. The molecule has 1 heterocycles. The molecule has 0 aromatic rings. The fourth-order valence-electron chi connectivity index (χ4n) is 1.89. The molecule has 0 saturated carbocycles. The number of aliphatic hydroxyl groups excluding tert-OH is 5. The van der Waals surface area contributed by atoms with Crippen LogP contribution in [0.15, 0.2) is 0 Å². The molecule has 0 aliphatic carbocycles. The Labute approximate surface area is 135 Å². The fourth-order valence-corrected chi connectivity index (χ4v) is 1.89. The van der Waals surface area contributed by atoms with Gasteiger partial charge in [0.15, 0.2) is 6.29 Å². The maximum Gasteiger partial charge on any atom is 0.186 e. The summed E-state index contributed by atoms with van der Waals surface area (Å²) in [4.78, 5) is 0. The van der Waals surface area contributed by atoms with Crippen LogP contribution in [0.1, 0.15) is 26.2 Å². The molecule has 0 spiro atoms. The van der Waals surface area contributed by atoms with Gasteiger partial charge in [-0.3, -0.25) is 0 Å². The van der Waals surface area contributed by atoms with Gasteiger partial charge in [0.25, 0.3) is 0 Å². The van der Waals surface area contributed by atoms with Crippen LogP contribution >= 0.6 is 0 Å². The third kappa shape index (κ3) is 6.46. The zero-order valence-electron chi connectivity index (χ0n) is 13.1. The van der Waals surface area contributed by atoms with Crippen LogP contribution in [-0.2, 0) is 9.47 Å². The highest BCUT2D eigenvalue weighted by atomic mass is 16.7. The highest BCUT2D eigenvalue weighted by molar-refractivity contribution is 5.27. The summed E-state index contributed by atoms with van der Waals surface area (Å²) in [5, 5.41) is 47.2. The Morgan fingerprint density at radius 2 is 1.87 bits per heavy atom. The Morgan fingerprint density at radius 1 is 1.13 bits per heavy atom. The lowest BCUT2D eigenvalue weighted by molar-refractivity contribution is -0.301. The van der Waals surface area contributed by atoms with Gasteiger partial charge in [-0.05, 0) is 24.7 Å². The van der Waals surface area contributed by atoms with Gasteiger partial charge in [0, 0.05) is 6.42 Å². The van der Waals surface area contributed by atoms with Gasteiger partial charge in [0.05, 0.1) is 13.2 Å². The summed E-state index contributed by atoms with van der Waals surface area (Å²) in [7, 11) is 0. The van der Waals surface area contributed by atoms with Crippen LogP contribution in [0.2, 0.25) is 0 Å². The van der Waals surface area contributed by atoms with Crippen molar-refractivity contribution in [1.82, 2.24) is 0 Å². The van der Waals surface area contributed by atoms with Crippen LogP contribution in [0.5, 0.6) is 0 Å². The molecule has 1 aliphatic rings. The van der Waals surface area contributed by atoms with Crippen molar-refractivity contribution in [3.05, 3.63) is 0 Å². The lowest BCUT2D eigenvalue weighted by Gasteiger charge is -2.39. The zero-order chi connectivity index (χ0) is 17.2. The lowest BCUT2D eigenvalue weighted by atomic mass is 9.99. The van der Waals surface area contributed by atoms with Crippen molar-refractivity contribution in [1.29, 1.82) is 0 Å². The largest absolute Gasteiger partial charge is 0.394 e. The van der Waals surface area contributed by atoms with Crippen LogP contribution in [0.4, 0.5) is 0 Å². The van der Waals surface area contributed by atoms with E-state index in [0.717, 1.165) is 0 Å². The predicted octanol–water partition coefficient (Wildman–Crippen LogP) is -1.64. The van der Waals surface area contributed by atoms with Crippen LogP contribution in [0.3, 0.4) is 0 Å². The van der Waals surface area contributed by atoms with Crippen molar-refractivity contribution in [2.24, 2.45) is 0 Å². The molecule has 0 bridgehead atoms. The van der Waals surface area contributed by atoms with Gasteiger partial charge in [-0.1, -0.05) is 18.8 Å². The molecule has 6 atom stereocenters. The Balaban J connectivity index is 2.30. The van der Waals surface area contributed by atoms with Crippen molar-refractivity contribution in [3.8, 4) is 23.7 Å². The Kier molecular flexibility index (Phi) is 9.15. The number of unbranched alkanes of at least 4 members (excludes halogenated alkanes) is 1. The number of hydrogen-bond acceptors (Lipinski definition) is 7. The van der Waals surface area contributed by atoms with E-state index in [1.807, 2.05) is 6.92 Å². The van der Waals surface area contributed by atoms with Gasteiger partial charge in [-0.15, -0.1) is 0 Å². The number of rotatable bonds is 6. The van der Waals surface area contributed by atoms with Gasteiger partial charge in [0.2, 0.25) is 0 Å². The summed E-state index contributed by atoms with van der Waals surface area (Å²) >= 11 is 0. The van der Waals surface area contributed by atoms with Crippen LogP contribution in [0, 0.1) is 23.7 Å². The average molecular weight is 328 g/mol. The third-order valence-electron chi connectivity index (χ3n) is 3.35. The van der Waals surface area contributed by atoms with E-state index in [1.54, 1.807) is 0 Å². The summed E-state index contributed by atoms with van der Waals surface area (Å²) in [6, 6.07) is 0. The van der Waals surface area contributed by atoms with E-state index in [-0.39, 0.29) is 6.61 Å². The van der Waals surface area contributed by atoms with E-state index < -0.39 is 43.4 Å². The number of hydrogen-bond donors (Lipinski definition) is 5. The maximum absolute atomic E-state index is 9.76. The molecular weight excluding hydrogens is 304 g/mol. The van der Waals surface area contributed by atoms with Crippen LogP contribution in [-0.4, -0.2) is 75.6 Å². The van der Waals surface area contributed by atoms with E-state index in [4.69, 9.17) is 14.6 Å². The lowest BCUT2D eigenvalue weighted by Crippen LogP contribution is -2.59. The SMILES string of the molecule is CCC(O)C#CC#CCCCO[C@@H]1O[C@H](CO)[C@@H](O)[C@H](O)[C@H]1O. The molecule has 1 aliphatic heterocycles. The van der Waals surface area contributed by atoms with E-state index in [2.05, 4.69) is 23.7 Å². The molecule has 7 nitrogen and oxygen atoms in total. The van der Waals surface area contributed by atoms with E-state index >= 15 is 0 Å². The van der Waals surface area contributed by atoms with Crippen LogP contribution in [0.25, 0.3) is 0 Å². The second-order valence-corrected chi connectivity index (χ2v) is 5.17. The molecule has 1 fully saturated rings. The molecule has 1 saturated heterocycles. The number of ether oxygens (including phenoxy) is 2. The monoisotopic (exact) mass is 328 g/mol. The minimum absolute atomic E-state index is 0.225.